The topological polar surface area (TPSA) is 49.3 Å². The van der Waals surface area contributed by atoms with E-state index in [9.17, 15) is 9.46 Å². The summed E-state index contributed by atoms with van der Waals surface area (Å²) in [5.41, 5.74) is 0. The van der Waals surface area contributed by atoms with Gasteiger partial charge in [0.05, 0.1) is 5.78 Å². The molecule has 0 bridgehead atoms. The van der Waals surface area contributed by atoms with Gasteiger partial charge in [0.2, 0.25) is 7.37 Å². The van der Waals surface area contributed by atoms with Gasteiger partial charge in [-0.25, -0.2) is 0 Å². The second-order valence-corrected chi connectivity index (χ2v) is 5.80. The first-order valence-electron chi connectivity index (χ1n) is 4.21. The summed E-state index contributed by atoms with van der Waals surface area (Å²) in [5, 5.41) is 3.10. The van der Waals surface area contributed by atoms with Crippen molar-refractivity contribution in [3.63, 3.8) is 0 Å². The largest absolute Gasteiger partial charge is 0.343 e. The van der Waals surface area contributed by atoms with Gasteiger partial charge in [-0.3, -0.25) is 4.57 Å². The maximum Gasteiger partial charge on any atom is 0.216 e. The van der Waals surface area contributed by atoms with E-state index in [2.05, 4.69) is 5.32 Å². The molecule has 0 saturated carbocycles. The van der Waals surface area contributed by atoms with Crippen molar-refractivity contribution in [3.8, 4) is 0 Å². The summed E-state index contributed by atoms with van der Waals surface area (Å²) in [7, 11) is -2.86. The average molecular weight is 177 g/mol. The van der Waals surface area contributed by atoms with Crippen LogP contribution in [-0.2, 0) is 4.57 Å². The summed E-state index contributed by atoms with van der Waals surface area (Å²) < 4.78 is 11.4. The highest BCUT2D eigenvalue weighted by atomic mass is 31.2. The predicted molar refractivity (Wildman–Crippen MR) is 46.0 cm³/mol. The zero-order valence-electron chi connectivity index (χ0n) is 6.92. The third kappa shape index (κ3) is 2.29. The van der Waals surface area contributed by atoms with Crippen LogP contribution >= 0.6 is 7.37 Å². The molecule has 66 valence electrons. The molecule has 0 aromatic heterocycles. The molecule has 1 heterocycles. The molecule has 0 amide bonds. The van der Waals surface area contributed by atoms with Crippen molar-refractivity contribution in [1.29, 1.82) is 0 Å². The Balaban J connectivity index is 2.51. The van der Waals surface area contributed by atoms with Crippen LogP contribution in [0.4, 0.5) is 0 Å². The quantitative estimate of drug-likeness (QED) is 0.626. The lowest BCUT2D eigenvalue weighted by Crippen LogP contribution is -2.34. The van der Waals surface area contributed by atoms with E-state index in [1.165, 1.54) is 0 Å². The molecule has 2 unspecified atom stereocenters. The van der Waals surface area contributed by atoms with E-state index in [1.807, 2.05) is 0 Å². The molecule has 1 saturated heterocycles. The van der Waals surface area contributed by atoms with Gasteiger partial charge in [-0.15, -0.1) is 0 Å². The fraction of sp³-hybridized carbons (Fsp3) is 1.00. The minimum absolute atomic E-state index is 0.124. The van der Waals surface area contributed by atoms with Crippen LogP contribution in [0.2, 0.25) is 0 Å². The van der Waals surface area contributed by atoms with Crippen LogP contribution in [0.25, 0.3) is 0 Å². The number of hydrogen-bond acceptors (Lipinski definition) is 2. The van der Waals surface area contributed by atoms with Crippen molar-refractivity contribution in [2.45, 2.75) is 32.0 Å². The van der Waals surface area contributed by atoms with E-state index < -0.39 is 7.37 Å². The first-order valence-corrected chi connectivity index (χ1v) is 6.13. The molecule has 11 heavy (non-hydrogen) atoms. The summed E-state index contributed by atoms with van der Waals surface area (Å²) in [6.07, 6.45) is 3.48. The maximum absolute atomic E-state index is 11.4. The van der Waals surface area contributed by atoms with Crippen LogP contribution in [0.5, 0.6) is 0 Å². The summed E-state index contributed by atoms with van der Waals surface area (Å²) in [5.74, 6) is -0.124. The Morgan fingerprint density at radius 3 is 2.82 bits per heavy atom. The minimum atomic E-state index is -2.86. The maximum atomic E-state index is 11.4. The van der Waals surface area contributed by atoms with Gasteiger partial charge < -0.3 is 10.2 Å². The summed E-state index contributed by atoms with van der Waals surface area (Å²) >= 11 is 0. The van der Waals surface area contributed by atoms with Crippen molar-refractivity contribution in [1.82, 2.24) is 5.32 Å². The Hall–Kier alpha value is 0.150. The smallest absolute Gasteiger partial charge is 0.216 e. The molecule has 1 aliphatic rings. The van der Waals surface area contributed by atoms with Gasteiger partial charge in [0, 0.05) is 6.16 Å². The first kappa shape index (κ1) is 9.24. The standard InChI is InChI=1S/C7H16NO2P/c1-2-11(9,10)7-5-3-4-6-8-7/h7-8H,2-6H2,1H3,(H,9,10). The van der Waals surface area contributed by atoms with Crippen molar-refractivity contribution in [3.05, 3.63) is 0 Å². The fourth-order valence-electron chi connectivity index (χ4n) is 1.40. The van der Waals surface area contributed by atoms with E-state index in [4.69, 9.17) is 0 Å². The first-order chi connectivity index (χ1) is 5.17. The molecule has 0 radical (unpaired) electrons. The van der Waals surface area contributed by atoms with Crippen LogP contribution in [-0.4, -0.2) is 23.4 Å². The van der Waals surface area contributed by atoms with Crippen LogP contribution in [0.15, 0.2) is 0 Å². The average Bonchev–Trinajstić information content (AvgIpc) is 2.06. The van der Waals surface area contributed by atoms with Crippen LogP contribution in [0, 0.1) is 0 Å². The van der Waals surface area contributed by atoms with Gasteiger partial charge in [0.15, 0.2) is 0 Å². The SMILES string of the molecule is CCP(=O)(O)C1CCCCN1. The summed E-state index contributed by atoms with van der Waals surface area (Å²) in [6, 6.07) is 0. The second-order valence-electron chi connectivity index (χ2n) is 3.04. The lowest BCUT2D eigenvalue weighted by molar-refractivity contribution is 0.407. The molecule has 1 rings (SSSR count). The Kier molecular flexibility index (Phi) is 3.11. The van der Waals surface area contributed by atoms with E-state index in [0.29, 0.717) is 6.16 Å². The van der Waals surface area contributed by atoms with Crippen LogP contribution in [0.3, 0.4) is 0 Å². The van der Waals surface area contributed by atoms with Gasteiger partial charge in [-0.1, -0.05) is 13.3 Å². The zero-order valence-corrected chi connectivity index (χ0v) is 7.81. The second kappa shape index (κ2) is 3.70. The van der Waals surface area contributed by atoms with Crippen molar-refractivity contribution < 1.29 is 9.46 Å². The van der Waals surface area contributed by atoms with E-state index >= 15 is 0 Å². The molecule has 0 aromatic carbocycles. The van der Waals surface area contributed by atoms with Crippen LogP contribution < -0.4 is 5.32 Å². The molecule has 3 nitrogen and oxygen atoms in total. The Morgan fingerprint density at radius 2 is 2.36 bits per heavy atom. The Morgan fingerprint density at radius 1 is 1.64 bits per heavy atom. The molecule has 2 atom stereocenters. The fourth-order valence-corrected chi connectivity index (χ4v) is 2.84. The summed E-state index contributed by atoms with van der Waals surface area (Å²) in [6.45, 7) is 2.67. The monoisotopic (exact) mass is 177 g/mol. The summed E-state index contributed by atoms with van der Waals surface area (Å²) in [4.78, 5) is 9.44. The van der Waals surface area contributed by atoms with E-state index in [-0.39, 0.29) is 5.78 Å². The molecule has 4 heteroatoms. The van der Waals surface area contributed by atoms with Gasteiger partial charge in [0.25, 0.3) is 0 Å². The predicted octanol–water partition coefficient (Wildman–Crippen LogP) is 1.38. The third-order valence-electron chi connectivity index (χ3n) is 2.22. The molecule has 0 aromatic rings. The van der Waals surface area contributed by atoms with Crippen LogP contribution in [0.1, 0.15) is 26.2 Å². The highest BCUT2D eigenvalue weighted by molar-refractivity contribution is 7.58. The molecule has 1 fully saturated rings. The van der Waals surface area contributed by atoms with Gasteiger partial charge in [-0.2, -0.15) is 0 Å². The Bertz CT molecular complexity index is 166. The zero-order chi connectivity index (χ0) is 8.32. The highest BCUT2D eigenvalue weighted by Crippen LogP contribution is 2.47. The number of nitrogens with one attached hydrogen (secondary N) is 1. The van der Waals surface area contributed by atoms with Crippen molar-refractivity contribution >= 4 is 7.37 Å². The number of piperidine rings is 1. The molecular weight excluding hydrogens is 161 g/mol. The van der Waals surface area contributed by atoms with Gasteiger partial charge >= 0.3 is 0 Å². The lowest BCUT2D eigenvalue weighted by atomic mass is 10.2. The van der Waals surface area contributed by atoms with E-state index in [1.54, 1.807) is 6.92 Å². The van der Waals surface area contributed by atoms with Gasteiger partial charge in [0.1, 0.15) is 0 Å². The molecule has 0 spiro atoms. The molecular formula is C7H16NO2P. The normalized spacial score (nSPS) is 31.3. The third-order valence-corrected chi connectivity index (χ3v) is 4.55. The van der Waals surface area contributed by atoms with E-state index in [0.717, 1.165) is 25.8 Å². The number of hydrogen-bond donors (Lipinski definition) is 2. The van der Waals surface area contributed by atoms with Gasteiger partial charge in [-0.05, 0) is 19.4 Å². The molecule has 0 aliphatic carbocycles. The number of rotatable bonds is 2. The molecule has 2 N–H and O–H groups in total. The minimum Gasteiger partial charge on any atom is -0.343 e. The lowest BCUT2D eigenvalue weighted by Gasteiger charge is -2.26. The highest BCUT2D eigenvalue weighted by Gasteiger charge is 2.29. The van der Waals surface area contributed by atoms with Crippen molar-refractivity contribution in [2.24, 2.45) is 0 Å². The van der Waals surface area contributed by atoms with Crippen molar-refractivity contribution in [2.75, 3.05) is 12.7 Å². The Labute approximate surface area is 67.6 Å². The molecule has 1 aliphatic heterocycles.